The van der Waals surface area contributed by atoms with Gasteiger partial charge in [-0.15, -0.1) is 0 Å². The van der Waals surface area contributed by atoms with Gasteiger partial charge in [0.05, 0.1) is 23.1 Å². The van der Waals surface area contributed by atoms with E-state index in [0.29, 0.717) is 23.8 Å². The maximum Gasteiger partial charge on any atom is 0.313 e. The van der Waals surface area contributed by atoms with E-state index < -0.39 is 11.8 Å². The predicted molar refractivity (Wildman–Crippen MR) is 91.8 cm³/mol. The van der Waals surface area contributed by atoms with Crippen LogP contribution in [0, 0.1) is 6.92 Å². The fourth-order valence-corrected chi connectivity index (χ4v) is 3.24. The first-order chi connectivity index (χ1) is 11.5. The summed E-state index contributed by atoms with van der Waals surface area (Å²) in [7, 11) is 0. The second-order valence-electron chi connectivity index (χ2n) is 5.99. The van der Waals surface area contributed by atoms with E-state index in [1.165, 1.54) is 0 Å². The summed E-state index contributed by atoms with van der Waals surface area (Å²) >= 11 is 6.11. The number of hydrogen-bond acceptors (Lipinski definition) is 3. The number of imidazole rings is 1. The van der Waals surface area contributed by atoms with Gasteiger partial charge in [-0.2, -0.15) is 0 Å². The second kappa shape index (κ2) is 7.05. The van der Waals surface area contributed by atoms with Crippen LogP contribution in [0.25, 0.3) is 0 Å². The molecule has 1 fully saturated rings. The molecule has 1 aliphatic rings. The number of aromatic nitrogens is 2. The smallest absolute Gasteiger partial charge is 0.313 e. The molecule has 1 N–H and O–H groups in total. The summed E-state index contributed by atoms with van der Waals surface area (Å²) in [4.78, 5) is 30.5. The Morgan fingerprint density at radius 1 is 1.42 bits per heavy atom. The average molecular weight is 347 g/mol. The lowest BCUT2D eigenvalue weighted by Gasteiger charge is -2.24. The van der Waals surface area contributed by atoms with Crippen LogP contribution in [0.15, 0.2) is 36.9 Å². The normalized spacial score (nSPS) is 17.1. The number of nitrogens with zero attached hydrogens (tertiary/aromatic N) is 3. The van der Waals surface area contributed by atoms with Crippen LogP contribution in [0.4, 0.5) is 5.69 Å². The van der Waals surface area contributed by atoms with Gasteiger partial charge in [0.1, 0.15) is 0 Å². The number of rotatable bonds is 3. The van der Waals surface area contributed by atoms with Gasteiger partial charge in [0.15, 0.2) is 0 Å². The highest BCUT2D eigenvalue weighted by Crippen LogP contribution is 2.24. The van der Waals surface area contributed by atoms with E-state index in [9.17, 15) is 9.59 Å². The molecule has 1 atom stereocenters. The van der Waals surface area contributed by atoms with Crippen molar-refractivity contribution in [2.45, 2.75) is 32.4 Å². The van der Waals surface area contributed by atoms with Gasteiger partial charge >= 0.3 is 11.8 Å². The molecule has 2 heterocycles. The van der Waals surface area contributed by atoms with Crippen LogP contribution >= 0.6 is 11.6 Å². The molecule has 3 rings (SSSR count). The molecule has 0 radical (unpaired) electrons. The Hall–Kier alpha value is -2.34. The lowest BCUT2D eigenvalue weighted by molar-refractivity contribution is -0.143. The molecule has 0 spiro atoms. The van der Waals surface area contributed by atoms with Crippen LogP contribution in [-0.2, 0) is 16.1 Å². The van der Waals surface area contributed by atoms with Crippen LogP contribution < -0.4 is 5.32 Å². The van der Waals surface area contributed by atoms with E-state index in [4.69, 9.17) is 11.6 Å². The molecular weight excluding hydrogens is 328 g/mol. The van der Waals surface area contributed by atoms with Gasteiger partial charge in [0.2, 0.25) is 0 Å². The summed E-state index contributed by atoms with van der Waals surface area (Å²) in [6.45, 7) is 3.14. The number of likely N-dealkylation sites (tertiary alicyclic amines) is 1. The van der Waals surface area contributed by atoms with Crippen LogP contribution in [0.5, 0.6) is 0 Å². The molecule has 2 amide bonds. The van der Waals surface area contributed by atoms with Gasteiger partial charge in [-0.3, -0.25) is 9.59 Å². The van der Waals surface area contributed by atoms with Crippen molar-refractivity contribution < 1.29 is 9.59 Å². The first kappa shape index (κ1) is 16.5. The van der Waals surface area contributed by atoms with Gasteiger partial charge in [-0.1, -0.05) is 17.7 Å². The van der Waals surface area contributed by atoms with Gasteiger partial charge in [0, 0.05) is 25.5 Å². The van der Waals surface area contributed by atoms with E-state index in [1.54, 1.807) is 29.6 Å². The summed E-state index contributed by atoms with van der Waals surface area (Å²) in [6, 6.07) is 5.30. The van der Waals surface area contributed by atoms with Crippen molar-refractivity contribution >= 4 is 29.1 Å². The highest BCUT2D eigenvalue weighted by molar-refractivity contribution is 6.41. The Kier molecular flexibility index (Phi) is 4.85. The van der Waals surface area contributed by atoms with Crippen molar-refractivity contribution in [1.29, 1.82) is 0 Å². The van der Waals surface area contributed by atoms with Gasteiger partial charge < -0.3 is 14.8 Å². The number of halogens is 1. The van der Waals surface area contributed by atoms with Gasteiger partial charge in [-0.25, -0.2) is 4.98 Å². The molecule has 1 aromatic heterocycles. The third-order valence-corrected chi connectivity index (χ3v) is 4.50. The fraction of sp³-hybridized carbons (Fsp3) is 0.353. The molecule has 1 aromatic carbocycles. The van der Waals surface area contributed by atoms with Crippen molar-refractivity contribution in [3.8, 4) is 0 Å². The average Bonchev–Trinajstić information content (AvgIpc) is 3.21. The molecule has 6 nitrogen and oxygen atoms in total. The van der Waals surface area contributed by atoms with Crippen molar-refractivity contribution in [2.24, 2.45) is 0 Å². The Balaban J connectivity index is 1.67. The Morgan fingerprint density at radius 2 is 2.25 bits per heavy atom. The Morgan fingerprint density at radius 3 is 2.96 bits per heavy atom. The summed E-state index contributed by atoms with van der Waals surface area (Å²) in [6.07, 6.45) is 7.04. The van der Waals surface area contributed by atoms with Crippen molar-refractivity contribution in [2.75, 3.05) is 11.9 Å². The molecule has 1 saturated heterocycles. The number of benzene rings is 1. The van der Waals surface area contributed by atoms with Crippen LogP contribution in [0.2, 0.25) is 5.02 Å². The molecule has 7 heteroatoms. The molecule has 1 aliphatic heterocycles. The maximum atomic E-state index is 12.5. The van der Waals surface area contributed by atoms with Crippen LogP contribution in [-0.4, -0.2) is 38.9 Å². The zero-order valence-electron chi connectivity index (χ0n) is 13.4. The van der Waals surface area contributed by atoms with E-state index in [2.05, 4.69) is 10.3 Å². The minimum absolute atomic E-state index is 0.00550. The summed E-state index contributed by atoms with van der Waals surface area (Å²) < 4.78 is 1.92. The monoisotopic (exact) mass is 346 g/mol. The van der Waals surface area contributed by atoms with E-state index in [0.717, 1.165) is 18.4 Å². The largest absolute Gasteiger partial charge is 0.335 e. The van der Waals surface area contributed by atoms with Crippen molar-refractivity contribution in [3.05, 3.63) is 47.5 Å². The molecular formula is C17H19ClN4O2. The lowest BCUT2D eigenvalue weighted by atomic mass is 10.2. The van der Waals surface area contributed by atoms with E-state index >= 15 is 0 Å². The first-order valence-corrected chi connectivity index (χ1v) is 8.26. The minimum Gasteiger partial charge on any atom is -0.335 e. The van der Waals surface area contributed by atoms with Gasteiger partial charge in [-0.05, 0) is 37.5 Å². The fourth-order valence-electron chi connectivity index (χ4n) is 2.96. The number of carbonyl (C=O) groups excluding carboxylic acids is 2. The summed E-state index contributed by atoms with van der Waals surface area (Å²) in [5.41, 5.74) is 1.44. The summed E-state index contributed by atoms with van der Waals surface area (Å²) in [5.74, 6) is -1.17. The molecule has 0 aliphatic carbocycles. The summed E-state index contributed by atoms with van der Waals surface area (Å²) in [5, 5.41) is 3.04. The third-order valence-electron chi connectivity index (χ3n) is 4.19. The molecule has 24 heavy (non-hydrogen) atoms. The zero-order chi connectivity index (χ0) is 17.1. The molecule has 0 saturated carbocycles. The Labute approximate surface area is 145 Å². The van der Waals surface area contributed by atoms with Gasteiger partial charge in [0.25, 0.3) is 0 Å². The molecule has 1 unspecified atom stereocenters. The first-order valence-electron chi connectivity index (χ1n) is 7.88. The maximum absolute atomic E-state index is 12.5. The van der Waals surface area contributed by atoms with Crippen LogP contribution in [0.3, 0.4) is 0 Å². The highest BCUT2D eigenvalue weighted by Gasteiger charge is 2.32. The standard InChI is InChI=1S/C17H19ClN4O2/c1-12-4-5-15(14(18)9-12)20-16(23)17(24)22-7-2-3-13(22)10-21-8-6-19-11-21/h4-6,8-9,11,13H,2-3,7,10H2,1H3,(H,20,23). The van der Waals surface area contributed by atoms with Crippen molar-refractivity contribution in [1.82, 2.24) is 14.5 Å². The molecule has 0 bridgehead atoms. The predicted octanol–water partition coefficient (Wildman–Crippen LogP) is 2.47. The van der Waals surface area contributed by atoms with Crippen LogP contribution in [0.1, 0.15) is 18.4 Å². The minimum atomic E-state index is -0.654. The zero-order valence-corrected chi connectivity index (χ0v) is 14.2. The number of amides is 2. The molecule has 2 aromatic rings. The third kappa shape index (κ3) is 3.59. The Bertz CT molecular complexity index is 745. The number of aryl methyl sites for hydroxylation is 1. The highest BCUT2D eigenvalue weighted by atomic mass is 35.5. The number of nitrogens with one attached hydrogen (secondary N) is 1. The quantitative estimate of drug-likeness (QED) is 0.868. The number of anilines is 1. The second-order valence-corrected chi connectivity index (χ2v) is 6.40. The SMILES string of the molecule is Cc1ccc(NC(=O)C(=O)N2CCCC2Cn2ccnc2)c(Cl)c1. The van der Waals surface area contributed by atoms with Crippen molar-refractivity contribution in [3.63, 3.8) is 0 Å². The molecule has 126 valence electrons. The number of hydrogen-bond donors (Lipinski definition) is 1. The lowest BCUT2D eigenvalue weighted by Crippen LogP contribution is -2.44. The van der Waals surface area contributed by atoms with E-state index in [-0.39, 0.29) is 6.04 Å². The number of carbonyl (C=O) groups is 2. The topological polar surface area (TPSA) is 67.2 Å². The van der Waals surface area contributed by atoms with E-state index in [1.807, 2.05) is 23.8 Å².